The predicted molar refractivity (Wildman–Crippen MR) is 87.6 cm³/mol. The summed E-state index contributed by atoms with van der Waals surface area (Å²) in [4.78, 5) is 0. The molecule has 0 unspecified atom stereocenters. The monoisotopic (exact) mass is 343 g/mol. The van der Waals surface area contributed by atoms with Gasteiger partial charge in [-0.2, -0.15) is 0 Å². The summed E-state index contributed by atoms with van der Waals surface area (Å²) >= 11 is 3.59. The Morgan fingerprint density at radius 3 is 2.55 bits per heavy atom. The summed E-state index contributed by atoms with van der Waals surface area (Å²) in [6, 6.07) is 4.16. The second-order valence-electron chi connectivity index (χ2n) is 5.22. The first-order valence-electron chi connectivity index (χ1n) is 7.37. The first-order valence-corrected chi connectivity index (χ1v) is 8.16. The van der Waals surface area contributed by atoms with Gasteiger partial charge in [0.1, 0.15) is 0 Å². The highest BCUT2D eigenvalue weighted by atomic mass is 79.9. The Bertz CT molecular complexity index is 408. The second-order valence-corrected chi connectivity index (χ2v) is 6.07. The lowest BCUT2D eigenvalue weighted by molar-refractivity contribution is 0.246. The summed E-state index contributed by atoms with van der Waals surface area (Å²) in [5.41, 5.74) is 1.20. The van der Waals surface area contributed by atoms with Crippen LogP contribution >= 0.6 is 15.9 Å². The maximum atomic E-state index is 5.87. The zero-order chi connectivity index (χ0) is 15.0. The van der Waals surface area contributed by atoms with Gasteiger partial charge in [0.05, 0.1) is 17.7 Å². The van der Waals surface area contributed by atoms with Crippen molar-refractivity contribution in [2.45, 2.75) is 40.7 Å². The highest BCUT2D eigenvalue weighted by Crippen LogP contribution is 2.37. The summed E-state index contributed by atoms with van der Waals surface area (Å²) in [5, 5.41) is 3.40. The Kier molecular flexibility index (Phi) is 8.00. The van der Waals surface area contributed by atoms with E-state index in [1.807, 2.05) is 6.92 Å². The maximum Gasteiger partial charge on any atom is 0.175 e. The number of rotatable bonds is 9. The van der Waals surface area contributed by atoms with Crippen LogP contribution in [0.1, 0.15) is 39.7 Å². The van der Waals surface area contributed by atoms with Crippen LogP contribution < -0.4 is 14.8 Å². The van der Waals surface area contributed by atoms with E-state index in [1.165, 1.54) is 5.56 Å². The van der Waals surface area contributed by atoms with Crippen LogP contribution in [0.4, 0.5) is 0 Å². The minimum Gasteiger partial charge on any atom is -0.490 e. The molecule has 0 bridgehead atoms. The molecule has 0 fully saturated rings. The van der Waals surface area contributed by atoms with Crippen LogP contribution in [0.15, 0.2) is 16.6 Å². The van der Waals surface area contributed by atoms with Crippen LogP contribution in [0.3, 0.4) is 0 Å². The molecule has 0 spiro atoms. The summed E-state index contributed by atoms with van der Waals surface area (Å²) in [6.45, 7) is 11.6. The van der Waals surface area contributed by atoms with Crippen LogP contribution in [-0.4, -0.2) is 19.8 Å². The van der Waals surface area contributed by atoms with E-state index in [9.17, 15) is 0 Å². The van der Waals surface area contributed by atoms with Crippen LogP contribution in [0.2, 0.25) is 0 Å². The molecule has 20 heavy (non-hydrogen) atoms. The fourth-order valence-electron chi connectivity index (χ4n) is 1.79. The van der Waals surface area contributed by atoms with Gasteiger partial charge in [-0.3, -0.25) is 0 Å². The van der Waals surface area contributed by atoms with Crippen molar-refractivity contribution in [3.63, 3.8) is 0 Å². The van der Waals surface area contributed by atoms with Gasteiger partial charge in [-0.05, 0) is 59.4 Å². The average Bonchev–Trinajstić information content (AvgIpc) is 2.38. The van der Waals surface area contributed by atoms with Gasteiger partial charge in [-0.25, -0.2) is 0 Å². The summed E-state index contributed by atoms with van der Waals surface area (Å²) < 4.78 is 12.5. The first kappa shape index (κ1) is 17.3. The van der Waals surface area contributed by atoms with Crippen LogP contribution in [0.5, 0.6) is 11.5 Å². The van der Waals surface area contributed by atoms with E-state index in [4.69, 9.17) is 9.47 Å². The Morgan fingerprint density at radius 2 is 1.95 bits per heavy atom. The zero-order valence-electron chi connectivity index (χ0n) is 13.0. The van der Waals surface area contributed by atoms with Crippen LogP contribution in [0, 0.1) is 5.92 Å². The molecule has 0 aliphatic carbocycles. The molecule has 0 aliphatic rings. The van der Waals surface area contributed by atoms with Gasteiger partial charge < -0.3 is 14.8 Å². The number of hydrogen-bond donors (Lipinski definition) is 1. The van der Waals surface area contributed by atoms with E-state index < -0.39 is 0 Å². The van der Waals surface area contributed by atoms with Crippen molar-refractivity contribution in [2.75, 3.05) is 19.8 Å². The molecule has 3 nitrogen and oxygen atoms in total. The Labute approximate surface area is 131 Å². The van der Waals surface area contributed by atoms with Crippen LogP contribution in [0.25, 0.3) is 0 Å². The average molecular weight is 344 g/mol. The quantitative estimate of drug-likeness (QED) is 0.674. The van der Waals surface area contributed by atoms with Crippen molar-refractivity contribution in [1.82, 2.24) is 5.32 Å². The zero-order valence-corrected chi connectivity index (χ0v) is 14.5. The van der Waals surface area contributed by atoms with Gasteiger partial charge in [0.15, 0.2) is 11.5 Å². The molecule has 0 saturated carbocycles. The minimum absolute atomic E-state index is 0.488. The lowest BCUT2D eigenvalue weighted by atomic mass is 10.2. The summed E-state index contributed by atoms with van der Waals surface area (Å²) in [7, 11) is 0. The van der Waals surface area contributed by atoms with E-state index in [1.54, 1.807) is 0 Å². The largest absolute Gasteiger partial charge is 0.490 e. The number of halogens is 1. The van der Waals surface area contributed by atoms with E-state index in [0.29, 0.717) is 19.1 Å². The Balaban J connectivity index is 2.87. The SMILES string of the molecule is CCCNCc1cc(Br)c(OCC(C)C)c(OCC)c1. The van der Waals surface area contributed by atoms with Gasteiger partial charge in [-0.1, -0.05) is 20.8 Å². The number of nitrogens with one attached hydrogen (secondary N) is 1. The van der Waals surface area contributed by atoms with Crippen molar-refractivity contribution < 1.29 is 9.47 Å². The first-order chi connectivity index (χ1) is 9.58. The topological polar surface area (TPSA) is 30.5 Å². The molecule has 0 radical (unpaired) electrons. The lowest BCUT2D eigenvalue weighted by Crippen LogP contribution is -2.14. The molecule has 0 aliphatic heterocycles. The molecule has 1 aromatic rings. The van der Waals surface area contributed by atoms with Gasteiger partial charge >= 0.3 is 0 Å². The van der Waals surface area contributed by atoms with Crippen molar-refractivity contribution >= 4 is 15.9 Å². The predicted octanol–water partition coefficient (Wildman–Crippen LogP) is 4.38. The molecule has 1 rings (SSSR count). The summed E-state index contributed by atoms with van der Waals surface area (Å²) in [6.07, 6.45) is 1.13. The Morgan fingerprint density at radius 1 is 1.20 bits per heavy atom. The standard InChI is InChI=1S/C16H26BrNO2/c1-5-7-18-10-13-8-14(17)16(20-11-12(3)4)15(9-13)19-6-2/h8-9,12,18H,5-7,10-11H2,1-4H3. The molecule has 4 heteroatoms. The van der Waals surface area contributed by atoms with E-state index in [2.05, 4.69) is 54.2 Å². The smallest absolute Gasteiger partial charge is 0.175 e. The lowest BCUT2D eigenvalue weighted by Gasteiger charge is -2.16. The van der Waals surface area contributed by atoms with Crippen LogP contribution in [-0.2, 0) is 6.54 Å². The minimum atomic E-state index is 0.488. The molecule has 114 valence electrons. The molecular weight excluding hydrogens is 318 g/mol. The third kappa shape index (κ3) is 5.71. The van der Waals surface area contributed by atoms with Crippen molar-refractivity contribution in [1.29, 1.82) is 0 Å². The van der Waals surface area contributed by atoms with E-state index in [0.717, 1.165) is 35.5 Å². The molecule has 0 saturated heterocycles. The normalized spacial score (nSPS) is 10.9. The van der Waals surface area contributed by atoms with Gasteiger partial charge in [0.25, 0.3) is 0 Å². The maximum absolute atomic E-state index is 5.87. The fourth-order valence-corrected chi connectivity index (χ4v) is 2.39. The molecular formula is C16H26BrNO2. The number of benzene rings is 1. The molecule has 0 amide bonds. The van der Waals surface area contributed by atoms with E-state index >= 15 is 0 Å². The molecule has 0 atom stereocenters. The van der Waals surface area contributed by atoms with Gasteiger partial charge in [0, 0.05) is 6.54 Å². The van der Waals surface area contributed by atoms with Gasteiger partial charge in [-0.15, -0.1) is 0 Å². The fraction of sp³-hybridized carbons (Fsp3) is 0.625. The van der Waals surface area contributed by atoms with Gasteiger partial charge in [0.2, 0.25) is 0 Å². The highest BCUT2D eigenvalue weighted by molar-refractivity contribution is 9.10. The van der Waals surface area contributed by atoms with E-state index in [-0.39, 0.29) is 0 Å². The van der Waals surface area contributed by atoms with Crippen molar-refractivity contribution in [3.8, 4) is 11.5 Å². The third-order valence-corrected chi connectivity index (χ3v) is 3.28. The Hall–Kier alpha value is -0.740. The molecule has 0 aromatic heterocycles. The summed E-state index contributed by atoms with van der Waals surface area (Å²) in [5.74, 6) is 2.11. The highest BCUT2D eigenvalue weighted by Gasteiger charge is 2.12. The second kappa shape index (κ2) is 9.24. The van der Waals surface area contributed by atoms with Crippen molar-refractivity contribution in [2.24, 2.45) is 5.92 Å². The molecule has 0 heterocycles. The number of hydrogen-bond acceptors (Lipinski definition) is 3. The molecule has 1 N–H and O–H groups in total. The molecule has 1 aromatic carbocycles. The van der Waals surface area contributed by atoms with Crippen molar-refractivity contribution in [3.05, 3.63) is 22.2 Å². The number of ether oxygens (including phenoxy) is 2. The third-order valence-electron chi connectivity index (χ3n) is 2.69.